The Balaban J connectivity index is 1.82. The number of aliphatic carboxylic acids is 1. The lowest BCUT2D eigenvalue weighted by molar-refractivity contribution is -0.138. The molecule has 1 heterocycles. The lowest BCUT2D eigenvalue weighted by Crippen LogP contribution is -2.17. The van der Waals surface area contributed by atoms with Gasteiger partial charge in [-0.15, -0.1) is 0 Å². The van der Waals surface area contributed by atoms with Gasteiger partial charge in [0.15, 0.2) is 0 Å². The van der Waals surface area contributed by atoms with Crippen molar-refractivity contribution in [2.24, 2.45) is 5.92 Å². The number of hydrogen-bond donors (Lipinski definition) is 1. The number of fused-ring (bicyclic) bond motifs is 1. The largest absolute Gasteiger partial charge is 0.497 e. The first-order valence-electron chi connectivity index (χ1n) is 9.18. The smallest absolute Gasteiger partial charge is 0.303 e. The topological polar surface area (TPSA) is 64.4 Å². The van der Waals surface area contributed by atoms with Crippen molar-refractivity contribution in [1.82, 2.24) is 9.78 Å². The van der Waals surface area contributed by atoms with Crippen LogP contribution >= 0.6 is 0 Å². The van der Waals surface area contributed by atoms with Gasteiger partial charge in [0.2, 0.25) is 0 Å². The van der Waals surface area contributed by atoms with E-state index >= 15 is 0 Å². The summed E-state index contributed by atoms with van der Waals surface area (Å²) in [5, 5.41) is 14.1. The molecule has 0 amide bonds. The minimum atomic E-state index is -0.729. The van der Waals surface area contributed by atoms with Crippen LogP contribution in [0.15, 0.2) is 54.6 Å². The van der Waals surface area contributed by atoms with Crippen LogP contribution in [-0.2, 0) is 17.6 Å². The SMILES string of the molecule is COc1ccc(-n2nc3c(c2-c2ccccc2)CC(CC(=O)O)CC3)cc1. The van der Waals surface area contributed by atoms with Gasteiger partial charge < -0.3 is 9.84 Å². The number of aryl methyl sites for hydroxylation is 1. The molecule has 5 nitrogen and oxygen atoms in total. The molecule has 1 unspecified atom stereocenters. The minimum absolute atomic E-state index is 0.158. The zero-order chi connectivity index (χ0) is 18.8. The molecule has 2 aromatic carbocycles. The molecule has 3 aromatic rings. The summed E-state index contributed by atoms with van der Waals surface area (Å²) in [5.74, 6) is 0.233. The van der Waals surface area contributed by atoms with Gasteiger partial charge in [-0.25, -0.2) is 4.68 Å². The van der Waals surface area contributed by atoms with Crippen LogP contribution in [0.3, 0.4) is 0 Å². The number of ether oxygens (including phenoxy) is 1. The van der Waals surface area contributed by atoms with Gasteiger partial charge in [0, 0.05) is 17.5 Å². The molecule has 1 N–H and O–H groups in total. The van der Waals surface area contributed by atoms with Crippen molar-refractivity contribution >= 4 is 5.97 Å². The third-order valence-corrected chi connectivity index (χ3v) is 5.18. The van der Waals surface area contributed by atoms with E-state index in [9.17, 15) is 9.90 Å². The Morgan fingerprint density at radius 1 is 1.19 bits per heavy atom. The highest BCUT2D eigenvalue weighted by molar-refractivity contribution is 5.69. The third-order valence-electron chi connectivity index (χ3n) is 5.18. The van der Waals surface area contributed by atoms with Crippen molar-refractivity contribution in [3.63, 3.8) is 0 Å². The second-order valence-electron chi connectivity index (χ2n) is 6.96. The highest BCUT2D eigenvalue weighted by atomic mass is 16.5. The normalized spacial score (nSPS) is 16.0. The van der Waals surface area contributed by atoms with Crippen molar-refractivity contribution in [2.45, 2.75) is 25.7 Å². The maximum absolute atomic E-state index is 11.2. The van der Waals surface area contributed by atoms with Crippen molar-refractivity contribution in [3.05, 3.63) is 65.9 Å². The molecule has 0 radical (unpaired) electrons. The molecule has 138 valence electrons. The van der Waals surface area contributed by atoms with E-state index < -0.39 is 5.97 Å². The number of nitrogens with zero attached hydrogens (tertiary/aromatic N) is 2. The molecule has 5 heteroatoms. The molecule has 1 aliphatic rings. The Labute approximate surface area is 158 Å². The zero-order valence-electron chi connectivity index (χ0n) is 15.3. The standard InChI is InChI=1S/C22H22N2O3/c1-27-18-10-8-17(9-11-18)24-22(16-5-3-2-4-6-16)19-13-15(14-21(25)26)7-12-20(19)23-24/h2-6,8-11,15H,7,12-14H2,1H3,(H,25,26). The molecule has 0 saturated carbocycles. The highest BCUT2D eigenvalue weighted by Crippen LogP contribution is 2.36. The molecule has 27 heavy (non-hydrogen) atoms. The summed E-state index contributed by atoms with van der Waals surface area (Å²) in [5.41, 5.74) is 5.38. The second kappa shape index (κ2) is 7.27. The van der Waals surface area contributed by atoms with Crippen LogP contribution in [-0.4, -0.2) is 28.0 Å². The number of carbonyl (C=O) groups is 1. The molecular formula is C22H22N2O3. The minimum Gasteiger partial charge on any atom is -0.497 e. The van der Waals surface area contributed by atoms with Gasteiger partial charge >= 0.3 is 5.97 Å². The summed E-state index contributed by atoms with van der Waals surface area (Å²) in [6, 6.07) is 18.1. The van der Waals surface area contributed by atoms with Gasteiger partial charge in [-0.1, -0.05) is 30.3 Å². The van der Waals surface area contributed by atoms with E-state index in [1.165, 1.54) is 5.56 Å². The predicted molar refractivity (Wildman–Crippen MR) is 103 cm³/mol. The second-order valence-corrected chi connectivity index (χ2v) is 6.96. The van der Waals surface area contributed by atoms with Crippen molar-refractivity contribution in [3.8, 4) is 22.7 Å². The van der Waals surface area contributed by atoms with Gasteiger partial charge in [0.25, 0.3) is 0 Å². The Kier molecular flexibility index (Phi) is 4.67. The van der Waals surface area contributed by atoms with Crippen LogP contribution in [0.4, 0.5) is 0 Å². The van der Waals surface area contributed by atoms with Gasteiger partial charge in [-0.3, -0.25) is 4.79 Å². The molecule has 0 spiro atoms. The van der Waals surface area contributed by atoms with Crippen LogP contribution in [0, 0.1) is 5.92 Å². The number of benzene rings is 2. The number of aromatic nitrogens is 2. The summed E-state index contributed by atoms with van der Waals surface area (Å²) in [4.78, 5) is 11.2. The quantitative estimate of drug-likeness (QED) is 0.741. The third kappa shape index (κ3) is 3.45. The molecule has 0 aliphatic heterocycles. The van der Waals surface area contributed by atoms with Gasteiger partial charge in [-0.05, 0) is 49.4 Å². The van der Waals surface area contributed by atoms with Gasteiger partial charge in [0.1, 0.15) is 5.75 Å². The fourth-order valence-electron chi connectivity index (χ4n) is 3.87. The van der Waals surface area contributed by atoms with Crippen LogP contribution in [0.2, 0.25) is 0 Å². The monoisotopic (exact) mass is 362 g/mol. The molecule has 4 rings (SSSR count). The number of methoxy groups -OCH3 is 1. The van der Waals surface area contributed by atoms with Crippen LogP contribution in [0.25, 0.3) is 16.9 Å². The van der Waals surface area contributed by atoms with Crippen LogP contribution in [0.1, 0.15) is 24.1 Å². The summed E-state index contributed by atoms with van der Waals surface area (Å²) < 4.78 is 7.26. The summed E-state index contributed by atoms with van der Waals surface area (Å²) >= 11 is 0. The Hall–Kier alpha value is -3.08. The maximum Gasteiger partial charge on any atom is 0.303 e. The number of carboxylic acids is 1. The fraction of sp³-hybridized carbons (Fsp3) is 0.273. The molecular weight excluding hydrogens is 340 g/mol. The Morgan fingerprint density at radius 2 is 1.93 bits per heavy atom. The van der Waals surface area contributed by atoms with E-state index in [1.807, 2.05) is 47.1 Å². The average molecular weight is 362 g/mol. The van der Waals surface area contributed by atoms with E-state index in [-0.39, 0.29) is 12.3 Å². The summed E-state index contributed by atoms with van der Waals surface area (Å²) in [6.45, 7) is 0. The molecule has 0 bridgehead atoms. The van der Waals surface area contributed by atoms with Crippen molar-refractivity contribution in [1.29, 1.82) is 0 Å². The van der Waals surface area contributed by atoms with Gasteiger partial charge in [-0.2, -0.15) is 5.10 Å². The lowest BCUT2D eigenvalue weighted by atomic mass is 9.83. The fourth-order valence-corrected chi connectivity index (χ4v) is 3.87. The molecule has 1 aliphatic carbocycles. The van der Waals surface area contributed by atoms with Gasteiger partial charge in [0.05, 0.1) is 24.2 Å². The van der Waals surface area contributed by atoms with E-state index in [0.29, 0.717) is 0 Å². The lowest BCUT2D eigenvalue weighted by Gasteiger charge is -2.20. The van der Waals surface area contributed by atoms with Crippen molar-refractivity contribution < 1.29 is 14.6 Å². The van der Waals surface area contributed by atoms with E-state index in [2.05, 4.69) is 12.1 Å². The first kappa shape index (κ1) is 17.3. The summed E-state index contributed by atoms with van der Waals surface area (Å²) in [7, 11) is 1.65. The van der Waals surface area contributed by atoms with Crippen LogP contribution < -0.4 is 4.74 Å². The van der Waals surface area contributed by atoms with Crippen LogP contribution in [0.5, 0.6) is 5.75 Å². The molecule has 1 aromatic heterocycles. The number of carboxylic acid groups (broad SMARTS) is 1. The summed E-state index contributed by atoms with van der Waals surface area (Å²) in [6.07, 6.45) is 2.65. The molecule has 0 fully saturated rings. The number of rotatable bonds is 5. The highest BCUT2D eigenvalue weighted by Gasteiger charge is 2.28. The van der Waals surface area contributed by atoms with E-state index in [1.54, 1.807) is 7.11 Å². The Bertz CT molecular complexity index is 946. The average Bonchev–Trinajstić information content (AvgIpc) is 3.07. The number of hydrogen-bond acceptors (Lipinski definition) is 3. The Morgan fingerprint density at radius 3 is 2.59 bits per heavy atom. The maximum atomic E-state index is 11.2. The first-order valence-corrected chi connectivity index (χ1v) is 9.18. The van der Waals surface area contributed by atoms with Crippen molar-refractivity contribution in [2.75, 3.05) is 7.11 Å². The first-order chi connectivity index (χ1) is 13.2. The molecule has 0 saturated heterocycles. The predicted octanol–water partition coefficient (Wildman–Crippen LogP) is 4.13. The zero-order valence-corrected chi connectivity index (χ0v) is 15.3. The van der Waals surface area contributed by atoms with E-state index in [4.69, 9.17) is 9.84 Å². The van der Waals surface area contributed by atoms with E-state index in [0.717, 1.165) is 47.7 Å². The molecule has 1 atom stereocenters.